The number of ether oxygens (including phenoxy) is 8. The molecule has 0 bridgehead atoms. The Hall–Kier alpha value is -4.04. The van der Waals surface area contributed by atoms with Gasteiger partial charge in [0.05, 0.1) is 46.7 Å². The number of rotatable bonds is 64. The summed E-state index contributed by atoms with van der Waals surface area (Å²) < 4.78 is 43.8. The fourth-order valence-electron chi connectivity index (χ4n) is 11.1. The lowest BCUT2D eigenvalue weighted by Crippen LogP contribution is -2.47. The largest absolute Gasteiger partial charge is 0.462 e. The molecule has 0 aromatic rings. The van der Waals surface area contributed by atoms with Crippen LogP contribution in [0.2, 0.25) is 0 Å². The number of hydrogen-bond acceptors (Lipinski definition) is 24. The standard InChI is InChI=1S/C82H144N4O16S4/c1-63(2)23-17-27-67(9)35-59-103-71(13)79(91)99-55-51-95-75(87)31-43-83(44-32-76(88)96-52-56-100-80(92)72(14)104-60-36-68(10)28-18-24-64(3)4)39-21-41-85-47-49-86(50-48-85)42-22-40-84(45-33-77(89)97-53-57-101-81(93)73(15)105-61-37-69(11)29-19-25-65(5)6)46-34-78(90)98-54-58-102-82(94)74(16)106-62-38-70(12)30-20-26-66(7)8/h23-26,67-74H,17-22,27-62H2,1-16H3. The number of carbonyl (C=O) groups is 8. The van der Waals surface area contributed by atoms with E-state index in [0.717, 1.165) is 152 Å². The first-order valence-electron chi connectivity index (χ1n) is 39.7. The van der Waals surface area contributed by atoms with Crippen molar-refractivity contribution in [1.82, 2.24) is 19.6 Å². The van der Waals surface area contributed by atoms with Gasteiger partial charge in [0.25, 0.3) is 0 Å². The van der Waals surface area contributed by atoms with Gasteiger partial charge in [0.15, 0.2) is 0 Å². The molecule has 106 heavy (non-hydrogen) atoms. The summed E-state index contributed by atoms with van der Waals surface area (Å²) in [6, 6.07) is 0. The van der Waals surface area contributed by atoms with Gasteiger partial charge >= 0.3 is 47.8 Å². The second kappa shape index (κ2) is 63.6. The van der Waals surface area contributed by atoms with Crippen LogP contribution in [0.15, 0.2) is 46.6 Å². The third kappa shape index (κ3) is 58.0. The lowest BCUT2D eigenvalue weighted by molar-refractivity contribution is -0.152. The van der Waals surface area contributed by atoms with Crippen molar-refractivity contribution < 1.29 is 76.3 Å². The van der Waals surface area contributed by atoms with Crippen LogP contribution in [0.5, 0.6) is 0 Å². The van der Waals surface area contributed by atoms with Gasteiger partial charge in [-0.25, -0.2) is 0 Å². The molecule has 8 unspecified atom stereocenters. The molecule has 0 aromatic carbocycles. The summed E-state index contributed by atoms with van der Waals surface area (Å²) in [5.74, 6) is 2.64. The van der Waals surface area contributed by atoms with Crippen LogP contribution >= 0.6 is 47.0 Å². The second-order valence-electron chi connectivity index (χ2n) is 29.7. The monoisotopic (exact) mass is 1570 g/mol. The van der Waals surface area contributed by atoms with Gasteiger partial charge in [0, 0.05) is 52.4 Å². The lowest BCUT2D eigenvalue weighted by atomic mass is 10.0. The van der Waals surface area contributed by atoms with Gasteiger partial charge in [-0.2, -0.15) is 0 Å². The van der Waals surface area contributed by atoms with Crippen LogP contribution in [0.3, 0.4) is 0 Å². The molecular weight excluding hydrogens is 1430 g/mol. The van der Waals surface area contributed by atoms with Gasteiger partial charge in [0.1, 0.15) is 52.9 Å². The van der Waals surface area contributed by atoms with E-state index >= 15 is 0 Å². The highest BCUT2D eigenvalue weighted by Gasteiger charge is 2.23. The molecule has 24 heteroatoms. The number of nitrogens with zero attached hydrogens (tertiary/aromatic N) is 4. The predicted molar refractivity (Wildman–Crippen MR) is 439 cm³/mol. The predicted octanol–water partition coefficient (Wildman–Crippen LogP) is 15.5. The molecule has 8 atom stereocenters. The number of thioether (sulfide) groups is 4. The Morgan fingerprint density at radius 2 is 0.519 bits per heavy atom. The number of carbonyl (C=O) groups excluding carboxylic acids is 8. The van der Waals surface area contributed by atoms with E-state index in [2.05, 4.69) is 127 Å². The van der Waals surface area contributed by atoms with Crippen LogP contribution in [0.25, 0.3) is 0 Å². The van der Waals surface area contributed by atoms with Gasteiger partial charge < -0.3 is 57.5 Å². The summed E-state index contributed by atoms with van der Waals surface area (Å²) in [5, 5.41) is -1.31. The minimum atomic E-state index is -0.429. The molecule has 612 valence electrons. The van der Waals surface area contributed by atoms with Crippen LogP contribution in [0.1, 0.15) is 226 Å². The average molecular weight is 1570 g/mol. The first-order chi connectivity index (χ1) is 50.5. The van der Waals surface area contributed by atoms with Gasteiger partial charge in [-0.1, -0.05) is 74.3 Å². The fraction of sp³-hybridized carbons (Fsp3) is 0.805. The van der Waals surface area contributed by atoms with Crippen molar-refractivity contribution in [1.29, 1.82) is 0 Å². The maximum atomic E-state index is 13.0. The zero-order valence-corrected chi connectivity index (χ0v) is 71.8. The van der Waals surface area contributed by atoms with Crippen molar-refractivity contribution >= 4 is 94.8 Å². The van der Waals surface area contributed by atoms with E-state index in [1.165, 1.54) is 22.3 Å². The van der Waals surface area contributed by atoms with Gasteiger partial charge in [-0.05, 0) is 246 Å². The Morgan fingerprint density at radius 3 is 0.726 bits per heavy atom. The van der Waals surface area contributed by atoms with Crippen LogP contribution in [-0.4, -0.2) is 243 Å². The Morgan fingerprint density at radius 1 is 0.311 bits per heavy atom. The van der Waals surface area contributed by atoms with Crippen LogP contribution in [0.4, 0.5) is 0 Å². The Bertz CT molecular complexity index is 2230. The van der Waals surface area contributed by atoms with E-state index in [9.17, 15) is 38.4 Å². The molecule has 1 saturated heterocycles. The quantitative estimate of drug-likeness (QED) is 0.0239. The molecule has 1 fully saturated rings. The topological polar surface area (TPSA) is 223 Å². The minimum Gasteiger partial charge on any atom is -0.462 e. The van der Waals surface area contributed by atoms with Crippen molar-refractivity contribution in [2.45, 2.75) is 247 Å². The SMILES string of the molecule is CC(C)=CCCC(C)CCSC(C)C(=O)OCCOC(=O)CCN(CCCN1CCN(CCCN(CCC(=O)OCCOC(=O)C(C)SCCC(C)CCC=C(C)C)CCC(=O)OCCOC(=O)C(C)SCCC(C)CCC=C(C)C)CC1)CCC(=O)OCCOC(=O)C(C)SCCC(C)CCC=C(C)C. The summed E-state index contributed by atoms with van der Waals surface area (Å²) in [7, 11) is 0. The number of hydrogen-bond donors (Lipinski definition) is 0. The minimum absolute atomic E-state index is 0.0316. The van der Waals surface area contributed by atoms with Gasteiger partial charge in [0.2, 0.25) is 0 Å². The first kappa shape index (κ1) is 100.0. The van der Waals surface area contributed by atoms with E-state index in [-0.39, 0.29) is 123 Å². The smallest absolute Gasteiger partial charge is 0.318 e. The zero-order valence-electron chi connectivity index (χ0n) is 68.6. The van der Waals surface area contributed by atoms with Crippen molar-refractivity contribution in [3.63, 3.8) is 0 Å². The summed E-state index contributed by atoms with van der Waals surface area (Å²) in [6.45, 7) is 40.5. The van der Waals surface area contributed by atoms with Crippen molar-refractivity contribution in [2.24, 2.45) is 23.7 Å². The summed E-state index contributed by atoms with van der Waals surface area (Å²) in [6.07, 6.45) is 23.7. The zero-order chi connectivity index (χ0) is 78.9. The van der Waals surface area contributed by atoms with Crippen molar-refractivity contribution in [3.8, 4) is 0 Å². The highest BCUT2D eigenvalue weighted by atomic mass is 32.2. The average Bonchev–Trinajstić information content (AvgIpc) is 0.907. The molecule has 1 aliphatic rings. The van der Waals surface area contributed by atoms with Crippen molar-refractivity contribution in [3.05, 3.63) is 46.6 Å². The lowest BCUT2D eigenvalue weighted by Gasteiger charge is -2.35. The molecule has 0 N–H and O–H groups in total. The fourth-order valence-corrected chi connectivity index (χ4v) is 15.5. The highest BCUT2D eigenvalue weighted by Crippen LogP contribution is 2.24. The summed E-state index contributed by atoms with van der Waals surface area (Å²) in [5.41, 5.74) is 5.30. The Kier molecular flexibility index (Phi) is 60.0. The number of allylic oxidation sites excluding steroid dienone is 8. The molecule has 1 heterocycles. The maximum Gasteiger partial charge on any atom is 0.318 e. The molecule has 0 amide bonds. The Labute approximate surface area is 658 Å². The molecule has 0 saturated carbocycles. The van der Waals surface area contributed by atoms with Crippen LogP contribution < -0.4 is 0 Å². The van der Waals surface area contributed by atoms with E-state index in [0.29, 0.717) is 62.9 Å². The molecule has 0 spiro atoms. The van der Waals surface area contributed by atoms with E-state index in [1.807, 2.05) is 27.7 Å². The number of esters is 8. The third-order valence-electron chi connectivity index (χ3n) is 18.3. The second-order valence-corrected chi connectivity index (χ2v) is 35.5. The molecule has 20 nitrogen and oxygen atoms in total. The molecule has 0 radical (unpaired) electrons. The van der Waals surface area contributed by atoms with E-state index in [1.54, 1.807) is 47.0 Å². The summed E-state index contributed by atoms with van der Waals surface area (Å²) >= 11 is 6.30. The first-order valence-corrected chi connectivity index (χ1v) is 43.9. The molecular formula is C82H144N4O16S4. The third-order valence-corrected chi connectivity index (χ3v) is 23.0. The molecule has 0 aliphatic carbocycles. The molecule has 0 aromatic heterocycles. The van der Waals surface area contributed by atoms with E-state index in [4.69, 9.17) is 37.9 Å². The van der Waals surface area contributed by atoms with E-state index < -0.39 is 23.9 Å². The summed E-state index contributed by atoms with van der Waals surface area (Å²) in [4.78, 5) is 112. The number of piperazine rings is 1. The van der Waals surface area contributed by atoms with Crippen molar-refractivity contribution in [2.75, 3.05) is 154 Å². The van der Waals surface area contributed by atoms with Crippen LogP contribution in [-0.2, 0) is 76.3 Å². The molecule has 1 rings (SSSR count). The maximum absolute atomic E-state index is 13.0. The highest BCUT2D eigenvalue weighted by molar-refractivity contribution is 8.01. The van der Waals surface area contributed by atoms with Gasteiger partial charge in [-0.3, -0.25) is 38.4 Å². The van der Waals surface area contributed by atoms with Gasteiger partial charge in [-0.15, -0.1) is 47.0 Å². The normalized spacial score (nSPS) is 14.8. The van der Waals surface area contributed by atoms with Crippen LogP contribution in [0, 0.1) is 23.7 Å². The Balaban J connectivity index is 2.86. The molecule has 1 aliphatic heterocycles.